The van der Waals surface area contributed by atoms with Crippen molar-refractivity contribution in [2.24, 2.45) is 0 Å². The molecule has 0 saturated heterocycles. The van der Waals surface area contributed by atoms with Gasteiger partial charge in [-0.25, -0.2) is 0 Å². The van der Waals surface area contributed by atoms with Gasteiger partial charge in [-0.05, 0) is 61.4 Å². The second-order valence-corrected chi connectivity index (χ2v) is 6.25. The minimum Gasteiger partial charge on any atom is -0.507 e. The number of hydrogen-bond acceptors (Lipinski definition) is 4. The summed E-state index contributed by atoms with van der Waals surface area (Å²) < 4.78 is 10.9. The van der Waals surface area contributed by atoms with Crippen LogP contribution in [-0.2, 0) is 12.8 Å². The minimum absolute atomic E-state index is 0.109. The lowest BCUT2D eigenvalue weighted by Gasteiger charge is -2.18. The first-order valence-corrected chi connectivity index (χ1v) is 8.59. The van der Waals surface area contributed by atoms with Gasteiger partial charge in [-0.2, -0.15) is 0 Å². The molecule has 25 heavy (non-hydrogen) atoms. The smallest absolute Gasteiger partial charge is 0.203 e. The van der Waals surface area contributed by atoms with Crippen LogP contribution in [0, 0.1) is 0 Å². The molecule has 2 aromatic carbocycles. The van der Waals surface area contributed by atoms with Crippen LogP contribution in [0.5, 0.6) is 23.0 Å². The van der Waals surface area contributed by atoms with Crippen molar-refractivity contribution in [2.45, 2.75) is 32.1 Å². The maximum Gasteiger partial charge on any atom is 0.203 e. The summed E-state index contributed by atoms with van der Waals surface area (Å²) in [5.41, 5.74) is 3.37. The lowest BCUT2D eigenvalue weighted by atomic mass is 9.95. The van der Waals surface area contributed by atoms with E-state index in [-0.39, 0.29) is 11.5 Å². The van der Waals surface area contributed by atoms with Crippen LogP contribution in [0.15, 0.2) is 36.4 Å². The Bertz CT molecular complexity index is 793. The molecular weight excluding hydrogens is 316 g/mol. The molecule has 0 spiro atoms. The number of ether oxygens (including phenoxy) is 2. The molecule has 132 valence electrons. The maximum absolute atomic E-state index is 10.6. The number of fused-ring (bicyclic) bond motifs is 5. The van der Waals surface area contributed by atoms with Gasteiger partial charge in [0.1, 0.15) is 5.75 Å². The van der Waals surface area contributed by atoms with Crippen molar-refractivity contribution in [2.75, 3.05) is 14.2 Å². The Hall–Kier alpha value is -2.62. The monoisotopic (exact) mass is 340 g/mol. The van der Waals surface area contributed by atoms with Crippen LogP contribution in [-0.4, -0.2) is 24.4 Å². The molecule has 0 fully saturated rings. The van der Waals surface area contributed by atoms with Crippen LogP contribution in [0.2, 0.25) is 0 Å². The van der Waals surface area contributed by atoms with Crippen molar-refractivity contribution >= 4 is 0 Å². The molecule has 4 bridgehead atoms. The predicted octanol–water partition coefficient (Wildman–Crippen LogP) is 4.61. The fourth-order valence-electron chi connectivity index (χ4n) is 3.32. The van der Waals surface area contributed by atoms with Crippen molar-refractivity contribution in [3.8, 4) is 34.1 Å². The second kappa shape index (κ2) is 7.51. The first-order valence-electron chi connectivity index (χ1n) is 8.59. The summed E-state index contributed by atoms with van der Waals surface area (Å²) in [7, 11) is 3.05. The highest BCUT2D eigenvalue weighted by Crippen LogP contribution is 2.48. The van der Waals surface area contributed by atoms with Crippen LogP contribution in [0.25, 0.3) is 11.1 Å². The average Bonchev–Trinajstić information content (AvgIpc) is 2.63. The Kier molecular flexibility index (Phi) is 5.17. The topological polar surface area (TPSA) is 58.9 Å². The fraction of sp³-hybridized carbons (Fsp3) is 0.333. The Morgan fingerprint density at radius 2 is 1.60 bits per heavy atom. The van der Waals surface area contributed by atoms with Crippen molar-refractivity contribution in [3.05, 3.63) is 47.5 Å². The Balaban J connectivity index is 2.26. The van der Waals surface area contributed by atoms with Crippen LogP contribution in [0.1, 0.15) is 30.4 Å². The summed E-state index contributed by atoms with van der Waals surface area (Å²) >= 11 is 0. The zero-order valence-corrected chi connectivity index (χ0v) is 14.7. The molecule has 1 aliphatic carbocycles. The van der Waals surface area contributed by atoms with Crippen LogP contribution in [0.4, 0.5) is 0 Å². The number of phenols is 2. The van der Waals surface area contributed by atoms with Crippen molar-refractivity contribution in [1.82, 2.24) is 0 Å². The average molecular weight is 340 g/mol. The van der Waals surface area contributed by atoms with E-state index in [1.807, 2.05) is 18.2 Å². The van der Waals surface area contributed by atoms with Crippen molar-refractivity contribution in [3.63, 3.8) is 0 Å². The quantitative estimate of drug-likeness (QED) is 0.784. The van der Waals surface area contributed by atoms with E-state index in [0.29, 0.717) is 17.1 Å². The van der Waals surface area contributed by atoms with Gasteiger partial charge in [0.2, 0.25) is 5.75 Å². The third-order valence-corrected chi connectivity index (χ3v) is 4.63. The van der Waals surface area contributed by atoms with E-state index >= 15 is 0 Å². The van der Waals surface area contributed by atoms with Gasteiger partial charge in [0.15, 0.2) is 11.5 Å². The zero-order chi connectivity index (χ0) is 17.8. The summed E-state index contributed by atoms with van der Waals surface area (Å²) in [5.74, 6) is 1.04. The Labute approximate surface area is 148 Å². The highest BCUT2D eigenvalue weighted by Gasteiger charge is 2.22. The fourth-order valence-corrected chi connectivity index (χ4v) is 3.32. The number of methoxy groups -OCH3 is 2. The van der Waals surface area contributed by atoms with E-state index in [4.69, 9.17) is 9.47 Å². The van der Waals surface area contributed by atoms with Gasteiger partial charge in [-0.3, -0.25) is 0 Å². The predicted molar refractivity (Wildman–Crippen MR) is 98.7 cm³/mol. The number of aromatic hydroxyl groups is 2. The molecule has 0 radical (unpaired) electrons. The van der Waals surface area contributed by atoms with E-state index in [1.54, 1.807) is 13.2 Å². The summed E-state index contributed by atoms with van der Waals surface area (Å²) in [6, 6.07) is 7.54. The Morgan fingerprint density at radius 1 is 0.840 bits per heavy atom. The van der Waals surface area contributed by atoms with Gasteiger partial charge in [0, 0.05) is 11.1 Å². The summed E-state index contributed by atoms with van der Waals surface area (Å²) in [6.07, 6.45) is 8.89. The van der Waals surface area contributed by atoms with Crippen LogP contribution >= 0.6 is 0 Å². The number of hydrogen-bond donors (Lipinski definition) is 2. The molecule has 0 saturated carbocycles. The highest BCUT2D eigenvalue weighted by atomic mass is 16.5. The number of rotatable bonds is 2. The summed E-state index contributed by atoms with van der Waals surface area (Å²) in [6.45, 7) is 0. The normalized spacial score (nSPS) is 15.4. The number of benzene rings is 2. The lowest BCUT2D eigenvalue weighted by Crippen LogP contribution is -1.98. The second-order valence-electron chi connectivity index (χ2n) is 6.25. The zero-order valence-electron chi connectivity index (χ0n) is 14.7. The van der Waals surface area contributed by atoms with E-state index in [9.17, 15) is 10.2 Å². The molecule has 4 heteroatoms. The van der Waals surface area contributed by atoms with Crippen LogP contribution in [0.3, 0.4) is 0 Å². The number of aryl methyl sites for hydroxylation is 2. The highest BCUT2D eigenvalue weighted by molar-refractivity contribution is 5.81. The molecule has 2 N–H and O–H groups in total. The van der Waals surface area contributed by atoms with Crippen LogP contribution < -0.4 is 9.47 Å². The largest absolute Gasteiger partial charge is 0.507 e. The van der Waals surface area contributed by atoms with Crippen molar-refractivity contribution in [1.29, 1.82) is 0 Å². The molecule has 2 aromatic rings. The third-order valence-electron chi connectivity index (χ3n) is 4.63. The van der Waals surface area contributed by atoms with Gasteiger partial charge in [-0.15, -0.1) is 0 Å². The van der Waals surface area contributed by atoms with Gasteiger partial charge < -0.3 is 19.7 Å². The number of phenolic OH excluding ortho intramolecular Hbond substituents is 2. The van der Waals surface area contributed by atoms with Gasteiger partial charge >= 0.3 is 0 Å². The van der Waals surface area contributed by atoms with Gasteiger partial charge in [0.05, 0.1) is 14.2 Å². The van der Waals surface area contributed by atoms with E-state index in [2.05, 4.69) is 12.2 Å². The van der Waals surface area contributed by atoms with Crippen molar-refractivity contribution < 1.29 is 19.7 Å². The summed E-state index contributed by atoms with van der Waals surface area (Å²) in [5, 5.41) is 21.0. The molecule has 0 heterocycles. The Morgan fingerprint density at radius 3 is 2.36 bits per heavy atom. The maximum atomic E-state index is 10.6. The lowest BCUT2D eigenvalue weighted by molar-refractivity contribution is 0.332. The van der Waals surface area contributed by atoms with Gasteiger partial charge in [0.25, 0.3) is 0 Å². The molecule has 3 rings (SSSR count). The molecule has 1 aliphatic rings. The SMILES string of the molecule is COc1c2cc(c(O)c1OC)CCC/C=C/CCc1ccc(O)c-2c1. The molecule has 0 unspecified atom stereocenters. The summed E-state index contributed by atoms with van der Waals surface area (Å²) in [4.78, 5) is 0. The van der Waals surface area contributed by atoms with Gasteiger partial charge in [-0.1, -0.05) is 18.2 Å². The van der Waals surface area contributed by atoms with E-state index in [0.717, 1.165) is 48.8 Å². The third kappa shape index (κ3) is 3.43. The molecular formula is C21H24O4. The minimum atomic E-state index is 0.109. The standard InChI is InChI=1S/C21H24O4/c1-24-20-17-13-15(19(23)21(20)25-2)9-7-5-3-4-6-8-14-10-11-18(22)16(17)12-14/h3-4,10-13,22-23H,5-9H2,1-2H3/b4-3+. The van der Waals surface area contributed by atoms with E-state index < -0.39 is 0 Å². The first kappa shape index (κ1) is 17.2. The molecule has 0 aliphatic heterocycles. The van der Waals surface area contributed by atoms with E-state index in [1.165, 1.54) is 7.11 Å². The molecule has 0 atom stereocenters. The number of allylic oxidation sites excluding steroid dienone is 2. The molecule has 4 nitrogen and oxygen atoms in total. The molecule has 0 amide bonds. The molecule has 0 aromatic heterocycles. The first-order chi connectivity index (χ1) is 12.2.